The molecule has 1 amide bonds. The maximum atomic E-state index is 12.0. The van der Waals surface area contributed by atoms with Gasteiger partial charge in [-0.05, 0) is 50.1 Å². The third-order valence-electron chi connectivity index (χ3n) is 2.27. The van der Waals surface area contributed by atoms with Gasteiger partial charge in [-0.25, -0.2) is 4.79 Å². The van der Waals surface area contributed by atoms with Gasteiger partial charge in [0.2, 0.25) is 0 Å². The molecule has 19 heavy (non-hydrogen) atoms. The van der Waals surface area contributed by atoms with E-state index in [1.54, 1.807) is 12.1 Å². The number of H-pyrrole nitrogens is 1. The average molecular weight is 389 g/mol. The second kappa shape index (κ2) is 5.54. The number of anilines is 1. The lowest BCUT2D eigenvalue weighted by Gasteiger charge is -2.05. The number of nitrogens with one attached hydrogen (secondary N) is 2. The van der Waals surface area contributed by atoms with Gasteiger partial charge in [-0.3, -0.25) is 9.89 Å². The van der Waals surface area contributed by atoms with E-state index in [4.69, 9.17) is 5.11 Å². The molecule has 3 N–H and O–H groups in total. The lowest BCUT2D eigenvalue weighted by molar-refractivity contribution is 0.0696. The summed E-state index contributed by atoms with van der Waals surface area (Å²) < 4.78 is 0.803. The fourth-order valence-electron chi connectivity index (χ4n) is 1.42. The first kappa shape index (κ1) is 13.8. The maximum Gasteiger partial charge on any atom is 0.335 e. The summed E-state index contributed by atoms with van der Waals surface area (Å²) in [6.07, 6.45) is 0. The molecule has 1 aromatic carbocycles. The van der Waals surface area contributed by atoms with Crippen molar-refractivity contribution < 1.29 is 14.7 Å². The Kier molecular flexibility index (Phi) is 4.01. The van der Waals surface area contributed by atoms with E-state index in [2.05, 4.69) is 47.4 Å². The first-order valence-electron chi connectivity index (χ1n) is 5.03. The monoisotopic (exact) mass is 387 g/mol. The smallest absolute Gasteiger partial charge is 0.335 e. The first-order valence-corrected chi connectivity index (χ1v) is 6.61. The summed E-state index contributed by atoms with van der Waals surface area (Å²) in [5.41, 5.74) is 0.800. The Hall–Kier alpha value is -1.67. The Bertz CT molecular complexity index is 635. The van der Waals surface area contributed by atoms with Crippen LogP contribution < -0.4 is 5.32 Å². The molecule has 0 saturated heterocycles. The van der Waals surface area contributed by atoms with Gasteiger partial charge < -0.3 is 10.4 Å². The van der Waals surface area contributed by atoms with Gasteiger partial charge >= 0.3 is 5.97 Å². The summed E-state index contributed by atoms with van der Waals surface area (Å²) in [6.45, 7) is 0. The molecule has 1 heterocycles. The van der Waals surface area contributed by atoms with Gasteiger partial charge in [0.1, 0.15) is 14.8 Å². The van der Waals surface area contributed by atoms with Crippen LogP contribution in [0.5, 0.6) is 0 Å². The Morgan fingerprint density at radius 2 is 2.05 bits per heavy atom. The summed E-state index contributed by atoms with van der Waals surface area (Å²) in [7, 11) is 0. The number of carboxylic acid groups (broad SMARTS) is 1. The maximum absolute atomic E-state index is 12.0. The van der Waals surface area contributed by atoms with Crippen LogP contribution in [-0.2, 0) is 0 Å². The van der Waals surface area contributed by atoms with Gasteiger partial charge in [0.05, 0.1) is 5.56 Å². The highest BCUT2D eigenvalue weighted by atomic mass is 79.9. The number of hydrogen-bond acceptors (Lipinski definition) is 3. The van der Waals surface area contributed by atoms with Crippen LogP contribution in [0.15, 0.2) is 33.5 Å². The molecule has 6 nitrogen and oxygen atoms in total. The van der Waals surface area contributed by atoms with E-state index in [9.17, 15) is 9.59 Å². The summed E-state index contributed by atoms with van der Waals surface area (Å²) in [5.74, 6) is -1.46. The number of carboxylic acids is 1. The number of hydrogen-bond donors (Lipinski definition) is 3. The molecule has 0 bridgehead atoms. The van der Waals surface area contributed by atoms with Gasteiger partial charge in [-0.2, -0.15) is 5.10 Å². The van der Waals surface area contributed by atoms with Crippen LogP contribution in [0.4, 0.5) is 5.69 Å². The fraction of sp³-hybridized carbons (Fsp3) is 0. The number of aromatic amines is 1. The van der Waals surface area contributed by atoms with Gasteiger partial charge in [0.25, 0.3) is 5.91 Å². The molecule has 0 saturated carbocycles. The van der Waals surface area contributed by atoms with Crippen molar-refractivity contribution >= 4 is 49.4 Å². The van der Waals surface area contributed by atoms with Crippen LogP contribution in [0.1, 0.15) is 20.7 Å². The molecule has 0 spiro atoms. The number of aromatic carboxylic acids is 1. The molecule has 0 radical (unpaired) electrons. The molecule has 0 atom stereocenters. The van der Waals surface area contributed by atoms with E-state index in [0.29, 0.717) is 20.5 Å². The number of carbonyl (C=O) groups excluding carboxylic acids is 1. The number of rotatable bonds is 3. The van der Waals surface area contributed by atoms with E-state index >= 15 is 0 Å². The fourth-order valence-corrected chi connectivity index (χ4v) is 2.61. The molecular weight excluding hydrogens is 382 g/mol. The van der Waals surface area contributed by atoms with Crippen molar-refractivity contribution in [3.63, 3.8) is 0 Å². The molecule has 2 aromatic rings. The van der Waals surface area contributed by atoms with Crippen LogP contribution in [0, 0.1) is 0 Å². The molecule has 0 aliphatic carbocycles. The normalized spacial score (nSPS) is 10.2. The lowest BCUT2D eigenvalue weighted by atomic mass is 10.2. The zero-order valence-electron chi connectivity index (χ0n) is 9.28. The highest BCUT2D eigenvalue weighted by Gasteiger charge is 2.17. The molecular formula is C11H7Br2N3O3. The summed E-state index contributed by atoms with van der Waals surface area (Å²) in [6, 6.07) is 5.98. The number of amides is 1. The van der Waals surface area contributed by atoms with Crippen molar-refractivity contribution in [1.29, 1.82) is 0 Å². The molecule has 0 fully saturated rings. The zero-order valence-corrected chi connectivity index (χ0v) is 12.4. The third-order valence-corrected chi connectivity index (χ3v) is 3.42. The van der Waals surface area contributed by atoms with E-state index in [-0.39, 0.29) is 5.56 Å². The minimum absolute atomic E-state index is 0.100. The molecule has 8 heteroatoms. The first-order chi connectivity index (χ1) is 8.99. The lowest BCUT2D eigenvalue weighted by Crippen LogP contribution is -2.12. The SMILES string of the molecule is O=C(O)c1cccc(NC(=O)c2c(Br)n[nH]c2Br)c1. The molecule has 2 rings (SSSR count). The average Bonchev–Trinajstić information content (AvgIpc) is 2.69. The Balaban J connectivity index is 2.24. The Morgan fingerprint density at radius 3 is 2.63 bits per heavy atom. The standard InChI is InChI=1S/C11H7Br2N3O3/c12-8-7(9(13)16-15-8)10(17)14-6-3-1-2-5(4-6)11(18)19/h1-4H,(H,14,17)(H,15,16)(H,18,19). The van der Waals surface area contributed by atoms with Gasteiger partial charge in [-0.1, -0.05) is 6.07 Å². The van der Waals surface area contributed by atoms with Crippen LogP contribution in [0.25, 0.3) is 0 Å². The second-order valence-electron chi connectivity index (χ2n) is 3.54. The van der Waals surface area contributed by atoms with Crippen molar-refractivity contribution in [2.75, 3.05) is 5.32 Å². The summed E-state index contributed by atoms with van der Waals surface area (Å²) in [5, 5.41) is 17.9. The van der Waals surface area contributed by atoms with Crippen molar-refractivity contribution in [1.82, 2.24) is 10.2 Å². The van der Waals surface area contributed by atoms with Crippen LogP contribution >= 0.6 is 31.9 Å². The minimum Gasteiger partial charge on any atom is -0.478 e. The number of aromatic nitrogens is 2. The molecule has 98 valence electrons. The van der Waals surface area contributed by atoms with Gasteiger partial charge in [-0.15, -0.1) is 0 Å². The van der Waals surface area contributed by atoms with E-state index in [1.807, 2.05) is 0 Å². The molecule has 0 aliphatic rings. The van der Waals surface area contributed by atoms with Crippen molar-refractivity contribution in [2.24, 2.45) is 0 Å². The third kappa shape index (κ3) is 3.02. The number of carbonyl (C=O) groups is 2. The topological polar surface area (TPSA) is 95.1 Å². The van der Waals surface area contributed by atoms with Gasteiger partial charge in [0, 0.05) is 5.69 Å². The van der Waals surface area contributed by atoms with Crippen LogP contribution in [0.2, 0.25) is 0 Å². The predicted molar refractivity (Wildman–Crippen MR) is 75.3 cm³/mol. The van der Waals surface area contributed by atoms with Gasteiger partial charge in [0.15, 0.2) is 0 Å². The van der Waals surface area contributed by atoms with E-state index < -0.39 is 11.9 Å². The number of benzene rings is 1. The largest absolute Gasteiger partial charge is 0.478 e. The molecule has 0 aliphatic heterocycles. The second-order valence-corrected chi connectivity index (χ2v) is 5.09. The Morgan fingerprint density at radius 1 is 1.32 bits per heavy atom. The van der Waals surface area contributed by atoms with Crippen LogP contribution in [0.3, 0.4) is 0 Å². The quantitative estimate of drug-likeness (QED) is 0.753. The van der Waals surface area contributed by atoms with Crippen LogP contribution in [-0.4, -0.2) is 27.2 Å². The van der Waals surface area contributed by atoms with E-state index in [0.717, 1.165) is 0 Å². The minimum atomic E-state index is -1.05. The Labute approximate surface area is 124 Å². The van der Waals surface area contributed by atoms with Crippen molar-refractivity contribution in [2.45, 2.75) is 0 Å². The van der Waals surface area contributed by atoms with Crippen molar-refractivity contribution in [3.05, 3.63) is 44.6 Å². The highest BCUT2D eigenvalue weighted by Crippen LogP contribution is 2.23. The summed E-state index contributed by atoms with van der Waals surface area (Å²) in [4.78, 5) is 22.9. The molecule has 0 unspecified atom stereocenters. The van der Waals surface area contributed by atoms with E-state index in [1.165, 1.54) is 12.1 Å². The zero-order chi connectivity index (χ0) is 14.0. The predicted octanol–water partition coefficient (Wildman–Crippen LogP) is 2.89. The summed E-state index contributed by atoms with van der Waals surface area (Å²) >= 11 is 6.31. The number of halogens is 2. The highest BCUT2D eigenvalue weighted by molar-refractivity contribution is 9.11. The van der Waals surface area contributed by atoms with Crippen molar-refractivity contribution in [3.8, 4) is 0 Å². The number of nitrogens with zero attached hydrogens (tertiary/aromatic N) is 1. The molecule has 1 aromatic heterocycles.